The van der Waals surface area contributed by atoms with Crippen LogP contribution in [0.25, 0.3) is 11.3 Å². The third-order valence-electron chi connectivity index (χ3n) is 6.18. The zero-order valence-electron chi connectivity index (χ0n) is 21.3. The smallest absolute Gasteiger partial charge is 0.238 e. The average Bonchev–Trinajstić information content (AvgIpc) is 3.28. The summed E-state index contributed by atoms with van der Waals surface area (Å²) in [6.45, 7) is 13.7. The Morgan fingerprint density at radius 1 is 1.06 bits per heavy atom. The maximum absolute atomic E-state index is 11.8. The molecule has 0 spiro atoms. The summed E-state index contributed by atoms with van der Waals surface area (Å²) in [5.74, 6) is 0.535. The molecule has 3 N–H and O–H groups in total. The lowest BCUT2D eigenvalue weighted by molar-refractivity contribution is 0.104. The number of rotatable bonds is 9. The number of thiazole rings is 1. The first-order valence-electron chi connectivity index (χ1n) is 12.2. The second-order valence-corrected chi connectivity index (χ2v) is 12.1. The van der Waals surface area contributed by atoms with Gasteiger partial charge in [0.15, 0.2) is 5.13 Å². The Morgan fingerprint density at radius 2 is 1.75 bits per heavy atom. The standard InChI is InChI=1S/C26H35N5O3S2/c1-18(2)31-13-11-30(12-14-31)16-20-5-7-21(8-6-20)24-17-35-26(29-24)28-23-15-22(36(27,32)33)9-10-25(23)34-19(3)4/h5-10,15,17-19H,11-14,16H2,1-4H3,(H,28,29)(H2,27,32,33). The van der Waals surface area contributed by atoms with Crippen LogP contribution in [0.15, 0.2) is 52.7 Å². The first-order valence-corrected chi connectivity index (χ1v) is 14.6. The van der Waals surface area contributed by atoms with Crippen LogP contribution in [0.3, 0.4) is 0 Å². The molecule has 0 unspecified atom stereocenters. The molecule has 1 aliphatic rings. The van der Waals surface area contributed by atoms with Gasteiger partial charge in [-0.3, -0.25) is 9.80 Å². The Hall–Kier alpha value is -2.50. The number of hydrogen-bond donors (Lipinski definition) is 2. The van der Waals surface area contributed by atoms with Gasteiger partial charge < -0.3 is 10.1 Å². The number of aromatic nitrogens is 1. The zero-order chi connectivity index (χ0) is 25.9. The summed E-state index contributed by atoms with van der Waals surface area (Å²) in [6, 6.07) is 13.7. The third kappa shape index (κ3) is 6.83. The summed E-state index contributed by atoms with van der Waals surface area (Å²) in [5.41, 5.74) is 3.68. The predicted molar refractivity (Wildman–Crippen MR) is 146 cm³/mol. The molecule has 0 aliphatic carbocycles. The average molecular weight is 530 g/mol. The molecule has 0 atom stereocenters. The number of ether oxygens (including phenoxy) is 1. The van der Waals surface area contributed by atoms with E-state index in [1.165, 1.54) is 29.0 Å². The lowest BCUT2D eigenvalue weighted by Gasteiger charge is -2.36. The van der Waals surface area contributed by atoms with Crippen LogP contribution in [0.1, 0.15) is 33.3 Å². The summed E-state index contributed by atoms with van der Waals surface area (Å²) >= 11 is 1.44. The molecule has 1 fully saturated rings. The number of primary sulfonamides is 1. The fraction of sp³-hybridized carbons (Fsp3) is 0.423. The van der Waals surface area contributed by atoms with Crippen LogP contribution < -0.4 is 15.2 Å². The fourth-order valence-electron chi connectivity index (χ4n) is 4.20. The molecule has 1 aliphatic heterocycles. The molecule has 0 amide bonds. The van der Waals surface area contributed by atoms with Gasteiger partial charge in [0.25, 0.3) is 0 Å². The van der Waals surface area contributed by atoms with E-state index in [-0.39, 0.29) is 11.0 Å². The van der Waals surface area contributed by atoms with Crippen molar-refractivity contribution in [1.82, 2.24) is 14.8 Å². The second kappa shape index (κ2) is 11.3. The highest BCUT2D eigenvalue weighted by Gasteiger charge is 2.19. The van der Waals surface area contributed by atoms with Crippen molar-refractivity contribution in [1.29, 1.82) is 0 Å². The Labute approximate surface area is 218 Å². The summed E-state index contributed by atoms with van der Waals surface area (Å²) in [7, 11) is -3.84. The Bertz CT molecular complexity index is 1260. The van der Waals surface area contributed by atoms with Crippen molar-refractivity contribution in [2.45, 2.75) is 51.3 Å². The fourth-order valence-corrected chi connectivity index (χ4v) is 5.47. The van der Waals surface area contributed by atoms with Gasteiger partial charge in [-0.05, 0) is 51.5 Å². The van der Waals surface area contributed by atoms with E-state index in [2.05, 4.69) is 53.2 Å². The maximum atomic E-state index is 11.8. The first-order chi connectivity index (χ1) is 17.1. The number of sulfonamides is 1. The van der Waals surface area contributed by atoms with Gasteiger partial charge >= 0.3 is 0 Å². The molecule has 0 bridgehead atoms. The highest BCUT2D eigenvalue weighted by Crippen LogP contribution is 2.33. The van der Waals surface area contributed by atoms with Crippen LogP contribution >= 0.6 is 11.3 Å². The molecule has 0 saturated carbocycles. The van der Waals surface area contributed by atoms with Crippen LogP contribution in [0.5, 0.6) is 5.75 Å². The summed E-state index contributed by atoms with van der Waals surface area (Å²) in [6.07, 6.45) is -0.0738. The van der Waals surface area contributed by atoms with Gasteiger partial charge in [0, 0.05) is 49.7 Å². The van der Waals surface area contributed by atoms with Crippen molar-refractivity contribution in [3.05, 3.63) is 53.4 Å². The van der Waals surface area contributed by atoms with E-state index in [1.807, 2.05) is 19.2 Å². The number of benzene rings is 2. The minimum Gasteiger partial charge on any atom is -0.489 e. The maximum Gasteiger partial charge on any atom is 0.238 e. The summed E-state index contributed by atoms with van der Waals surface area (Å²) in [4.78, 5) is 9.76. The number of piperazine rings is 1. The molecule has 10 heteroatoms. The number of anilines is 2. The van der Waals surface area contributed by atoms with E-state index in [4.69, 9.17) is 14.9 Å². The van der Waals surface area contributed by atoms with Gasteiger partial charge in [-0.2, -0.15) is 0 Å². The molecule has 194 valence electrons. The Morgan fingerprint density at radius 3 is 2.36 bits per heavy atom. The van der Waals surface area contributed by atoms with Crippen LogP contribution in [-0.4, -0.2) is 61.5 Å². The SMILES string of the molecule is CC(C)Oc1ccc(S(N)(=O)=O)cc1Nc1nc(-c2ccc(CN3CCN(C(C)C)CC3)cc2)cs1. The molecule has 3 aromatic rings. The number of nitrogens with two attached hydrogens (primary N) is 1. The quantitative estimate of drug-likeness (QED) is 0.420. The van der Waals surface area contributed by atoms with Gasteiger partial charge in [-0.25, -0.2) is 18.5 Å². The van der Waals surface area contributed by atoms with Crippen LogP contribution in [0.4, 0.5) is 10.8 Å². The van der Waals surface area contributed by atoms with Crippen molar-refractivity contribution in [3.8, 4) is 17.0 Å². The Balaban J connectivity index is 1.44. The minimum absolute atomic E-state index is 0.0131. The van der Waals surface area contributed by atoms with Crippen molar-refractivity contribution >= 4 is 32.2 Å². The molecule has 2 aromatic carbocycles. The number of nitrogens with one attached hydrogen (secondary N) is 1. The molecule has 1 saturated heterocycles. The van der Waals surface area contributed by atoms with E-state index < -0.39 is 10.0 Å². The Kier molecular flexibility index (Phi) is 8.31. The molecule has 8 nitrogen and oxygen atoms in total. The zero-order valence-corrected chi connectivity index (χ0v) is 22.9. The molecule has 0 radical (unpaired) electrons. The van der Waals surface area contributed by atoms with E-state index >= 15 is 0 Å². The molecule has 1 aromatic heterocycles. The van der Waals surface area contributed by atoms with E-state index in [9.17, 15) is 8.42 Å². The monoisotopic (exact) mass is 529 g/mol. The summed E-state index contributed by atoms with van der Waals surface area (Å²) in [5, 5.41) is 11.2. The van der Waals surface area contributed by atoms with Crippen LogP contribution in [0.2, 0.25) is 0 Å². The highest BCUT2D eigenvalue weighted by molar-refractivity contribution is 7.89. The van der Waals surface area contributed by atoms with Gasteiger partial charge in [0.1, 0.15) is 5.75 Å². The molecule has 4 rings (SSSR count). The highest BCUT2D eigenvalue weighted by atomic mass is 32.2. The molecule has 36 heavy (non-hydrogen) atoms. The topological polar surface area (TPSA) is 101 Å². The lowest BCUT2D eigenvalue weighted by Crippen LogP contribution is -2.48. The van der Waals surface area contributed by atoms with Crippen LogP contribution in [-0.2, 0) is 16.6 Å². The second-order valence-electron chi connectivity index (χ2n) is 9.64. The van der Waals surface area contributed by atoms with Gasteiger partial charge in [0.05, 0.1) is 22.4 Å². The lowest BCUT2D eigenvalue weighted by atomic mass is 10.1. The minimum atomic E-state index is -3.84. The molecular formula is C26H35N5O3S2. The van der Waals surface area contributed by atoms with E-state index in [0.717, 1.165) is 44.0 Å². The van der Waals surface area contributed by atoms with Crippen molar-refractivity contribution < 1.29 is 13.2 Å². The van der Waals surface area contributed by atoms with Gasteiger partial charge in [-0.1, -0.05) is 24.3 Å². The van der Waals surface area contributed by atoms with Gasteiger partial charge in [-0.15, -0.1) is 11.3 Å². The largest absolute Gasteiger partial charge is 0.489 e. The van der Waals surface area contributed by atoms with Crippen LogP contribution in [0, 0.1) is 0 Å². The first kappa shape index (κ1) is 26.6. The normalized spacial score (nSPS) is 15.5. The molecular weight excluding hydrogens is 494 g/mol. The third-order valence-corrected chi connectivity index (χ3v) is 7.85. The van der Waals surface area contributed by atoms with Crippen molar-refractivity contribution in [2.24, 2.45) is 5.14 Å². The van der Waals surface area contributed by atoms with Gasteiger partial charge in [0.2, 0.25) is 10.0 Å². The summed E-state index contributed by atoms with van der Waals surface area (Å²) < 4.78 is 29.5. The number of nitrogens with zero attached hydrogens (tertiary/aromatic N) is 3. The van der Waals surface area contributed by atoms with E-state index in [0.29, 0.717) is 22.6 Å². The van der Waals surface area contributed by atoms with Crippen molar-refractivity contribution in [2.75, 3.05) is 31.5 Å². The molecule has 2 heterocycles. The van der Waals surface area contributed by atoms with Crippen molar-refractivity contribution in [3.63, 3.8) is 0 Å². The number of hydrogen-bond acceptors (Lipinski definition) is 8. The predicted octanol–water partition coefficient (Wildman–Crippen LogP) is 4.51. The van der Waals surface area contributed by atoms with E-state index in [1.54, 1.807) is 6.07 Å².